The zero-order valence-electron chi connectivity index (χ0n) is 10.9. The molecule has 0 aliphatic rings. The van der Waals surface area contributed by atoms with Gasteiger partial charge in [0.15, 0.2) is 0 Å². The summed E-state index contributed by atoms with van der Waals surface area (Å²) in [7, 11) is -4.00. The zero-order chi connectivity index (χ0) is 15.6. The maximum absolute atomic E-state index is 13.3. The van der Waals surface area contributed by atoms with E-state index in [2.05, 4.69) is 14.7 Å². The molecule has 1 heterocycles. The van der Waals surface area contributed by atoms with Crippen molar-refractivity contribution in [3.63, 3.8) is 0 Å². The summed E-state index contributed by atoms with van der Waals surface area (Å²) in [6.45, 7) is 1.57. The van der Waals surface area contributed by atoms with Crippen LogP contribution in [-0.2, 0) is 10.0 Å². The fraction of sp³-hybridized carbons (Fsp3) is 0.167. The Hall–Kier alpha value is -2.26. The van der Waals surface area contributed by atoms with Crippen molar-refractivity contribution in [1.82, 2.24) is 14.7 Å². The van der Waals surface area contributed by atoms with Gasteiger partial charge in [0, 0.05) is 12.4 Å². The molecule has 1 unspecified atom stereocenters. The van der Waals surface area contributed by atoms with Crippen LogP contribution in [0, 0.1) is 5.82 Å². The number of halogens is 1. The number of aromatic nitrogens is 2. The highest BCUT2D eigenvalue weighted by atomic mass is 32.2. The maximum Gasteiger partial charge on any atom is 0.338 e. The minimum absolute atomic E-state index is 0.334. The first-order chi connectivity index (χ1) is 9.81. The minimum atomic E-state index is -4.00. The van der Waals surface area contributed by atoms with Crippen LogP contribution in [0.4, 0.5) is 4.39 Å². The Bertz CT molecular complexity index is 759. The van der Waals surface area contributed by atoms with Crippen molar-refractivity contribution in [3.8, 4) is 0 Å². The SMILES string of the molecule is CC(NS(=O)(=O)c1ccc(F)c(C(=O)O)c1)c1ncc[nH]1. The Morgan fingerprint density at radius 1 is 1.48 bits per heavy atom. The number of aromatic amines is 1. The smallest absolute Gasteiger partial charge is 0.338 e. The highest BCUT2D eigenvalue weighted by Crippen LogP contribution is 2.17. The second kappa shape index (κ2) is 5.62. The summed E-state index contributed by atoms with van der Waals surface area (Å²) in [4.78, 5) is 17.2. The highest BCUT2D eigenvalue weighted by molar-refractivity contribution is 7.89. The van der Waals surface area contributed by atoms with E-state index in [1.807, 2.05) is 0 Å². The molecule has 112 valence electrons. The Labute approximate surface area is 119 Å². The largest absolute Gasteiger partial charge is 0.478 e. The van der Waals surface area contributed by atoms with Crippen LogP contribution in [0.25, 0.3) is 0 Å². The lowest BCUT2D eigenvalue weighted by molar-refractivity contribution is 0.0691. The molecule has 7 nitrogen and oxygen atoms in total. The van der Waals surface area contributed by atoms with E-state index >= 15 is 0 Å². The van der Waals surface area contributed by atoms with Crippen molar-refractivity contribution in [2.24, 2.45) is 0 Å². The first-order valence-corrected chi connectivity index (χ1v) is 7.34. The molecule has 0 saturated carbocycles. The molecule has 2 aromatic rings. The number of benzene rings is 1. The predicted molar refractivity (Wildman–Crippen MR) is 70.7 cm³/mol. The van der Waals surface area contributed by atoms with Crippen LogP contribution in [0.1, 0.15) is 29.1 Å². The van der Waals surface area contributed by atoms with E-state index in [-0.39, 0.29) is 4.90 Å². The molecule has 0 spiro atoms. The van der Waals surface area contributed by atoms with Crippen LogP contribution >= 0.6 is 0 Å². The number of nitrogens with zero attached hydrogens (tertiary/aromatic N) is 1. The summed E-state index contributed by atoms with van der Waals surface area (Å²) >= 11 is 0. The quantitative estimate of drug-likeness (QED) is 0.770. The van der Waals surface area contributed by atoms with Crippen molar-refractivity contribution < 1.29 is 22.7 Å². The number of imidazole rings is 1. The van der Waals surface area contributed by atoms with Gasteiger partial charge in [0.25, 0.3) is 0 Å². The van der Waals surface area contributed by atoms with Gasteiger partial charge in [-0.3, -0.25) is 0 Å². The molecule has 0 aliphatic heterocycles. The molecule has 1 aromatic carbocycles. The molecule has 2 rings (SSSR count). The molecular weight excluding hydrogens is 301 g/mol. The third-order valence-electron chi connectivity index (χ3n) is 2.74. The standard InChI is InChI=1S/C12H12FN3O4S/c1-7(11-14-4-5-15-11)16-21(19,20)8-2-3-10(13)9(6-8)12(17)18/h2-7,16H,1H3,(H,14,15)(H,17,18). The van der Waals surface area contributed by atoms with Crippen LogP contribution in [-0.4, -0.2) is 29.5 Å². The summed E-state index contributed by atoms with van der Waals surface area (Å²) in [6.07, 6.45) is 3.01. The van der Waals surface area contributed by atoms with Crippen LogP contribution in [0.5, 0.6) is 0 Å². The zero-order valence-corrected chi connectivity index (χ0v) is 11.7. The van der Waals surface area contributed by atoms with E-state index in [4.69, 9.17) is 5.11 Å². The average molecular weight is 313 g/mol. The summed E-state index contributed by atoms with van der Waals surface area (Å²) < 4.78 is 39.9. The number of sulfonamides is 1. The molecule has 0 amide bonds. The molecule has 9 heteroatoms. The third-order valence-corrected chi connectivity index (χ3v) is 4.28. The number of aromatic carboxylic acids is 1. The molecule has 0 fully saturated rings. The van der Waals surface area contributed by atoms with Gasteiger partial charge in [-0.25, -0.2) is 27.3 Å². The van der Waals surface area contributed by atoms with E-state index in [9.17, 15) is 17.6 Å². The number of carboxylic acid groups (broad SMARTS) is 1. The fourth-order valence-corrected chi connectivity index (χ4v) is 2.94. The molecule has 0 saturated heterocycles. The highest BCUT2D eigenvalue weighted by Gasteiger charge is 2.22. The van der Waals surface area contributed by atoms with Crippen molar-refractivity contribution in [3.05, 3.63) is 47.8 Å². The lowest BCUT2D eigenvalue weighted by Crippen LogP contribution is -2.27. The normalized spacial score (nSPS) is 13.0. The van der Waals surface area contributed by atoms with Crippen molar-refractivity contribution in [2.75, 3.05) is 0 Å². The van der Waals surface area contributed by atoms with Gasteiger partial charge in [0.1, 0.15) is 11.6 Å². The second-order valence-electron chi connectivity index (χ2n) is 4.26. The Morgan fingerprint density at radius 3 is 2.76 bits per heavy atom. The first-order valence-electron chi connectivity index (χ1n) is 5.85. The molecule has 0 aliphatic carbocycles. The molecule has 1 aromatic heterocycles. The van der Waals surface area contributed by atoms with E-state index in [1.165, 1.54) is 6.20 Å². The number of hydrogen-bond acceptors (Lipinski definition) is 4. The number of carboxylic acids is 1. The molecule has 3 N–H and O–H groups in total. The van der Waals surface area contributed by atoms with E-state index < -0.39 is 33.4 Å². The summed E-state index contributed by atoms with van der Waals surface area (Å²) in [5.74, 6) is -2.14. The molecule has 0 radical (unpaired) electrons. The fourth-order valence-electron chi connectivity index (χ4n) is 1.71. The topological polar surface area (TPSA) is 112 Å². The van der Waals surface area contributed by atoms with Crippen molar-refractivity contribution in [2.45, 2.75) is 17.9 Å². The summed E-state index contributed by atoms with van der Waals surface area (Å²) in [6, 6.07) is 1.92. The predicted octanol–water partition coefficient (Wildman–Crippen LogP) is 1.29. The second-order valence-corrected chi connectivity index (χ2v) is 5.98. The number of nitrogens with one attached hydrogen (secondary N) is 2. The van der Waals surface area contributed by atoms with Crippen LogP contribution in [0.2, 0.25) is 0 Å². The minimum Gasteiger partial charge on any atom is -0.478 e. The lowest BCUT2D eigenvalue weighted by atomic mass is 10.2. The van der Waals surface area contributed by atoms with Gasteiger partial charge in [-0.2, -0.15) is 0 Å². The molecule has 21 heavy (non-hydrogen) atoms. The van der Waals surface area contributed by atoms with Crippen molar-refractivity contribution >= 4 is 16.0 Å². The van der Waals surface area contributed by atoms with Gasteiger partial charge < -0.3 is 10.1 Å². The Morgan fingerprint density at radius 2 is 2.19 bits per heavy atom. The van der Waals surface area contributed by atoms with Crippen LogP contribution in [0.15, 0.2) is 35.5 Å². The number of carbonyl (C=O) groups is 1. The van der Waals surface area contributed by atoms with Gasteiger partial charge in [0.05, 0.1) is 16.5 Å². The van der Waals surface area contributed by atoms with Crippen LogP contribution < -0.4 is 4.72 Å². The summed E-state index contributed by atoms with van der Waals surface area (Å²) in [5.41, 5.74) is -0.705. The molecule has 0 bridgehead atoms. The van der Waals surface area contributed by atoms with Gasteiger partial charge in [-0.15, -0.1) is 0 Å². The van der Waals surface area contributed by atoms with Crippen molar-refractivity contribution in [1.29, 1.82) is 0 Å². The van der Waals surface area contributed by atoms with E-state index in [0.717, 1.165) is 18.2 Å². The van der Waals surface area contributed by atoms with Gasteiger partial charge in [0.2, 0.25) is 10.0 Å². The lowest BCUT2D eigenvalue weighted by Gasteiger charge is -2.12. The van der Waals surface area contributed by atoms with Gasteiger partial charge in [-0.1, -0.05) is 0 Å². The monoisotopic (exact) mass is 313 g/mol. The van der Waals surface area contributed by atoms with E-state index in [1.54, 1.807) is 13.1 Å². The Kier molecular flexibility index (Phi) is 4.05. The van der Waals surface area contributed by atoms with E-state index in [0.29, 0.717) is 5.82 Å². The average Bonchev–Trinajstić information content (AvgIpc) is 2.92. The molecule has 1 atom stereocenters. The Balaban J connectivity index is 2.32. The molecular formula is C12H12FN3O4S. The maximum atomic E-state index is 13.3. The van der Waals surface area contributed by atoms with Gasteiger partial charge >= 0.3 is 5.97 Å². The number of H-pyrrole nitrogens is 1. The number of rotatable bonds is 5. The third kappa shape index (κ3) is 3.26. The first kappa shape index (κ1) is 15.1. The van der Waals surface area contributed by atoms with Crippen LogP contribution in [0.3, 0.4) is 0 Å². The number of hydrogen-bond donors (Lipinski definition) is 3. The summed E-state index contributed by atoms with van der Waals surface area (Å²) in [5, 5.41) is 8.82. The van der Waals surface area contributed by atoms with Gasteiger partial charge in [-0.05, 0) is 25.1 Å².